The number of rotatable bonds is 11. The molecule has 4 aromatic rings. The summed E-state index contributed by atoms with van der Waals surface area (Å²) in [7, 11) is 0. The van der Waals surface area contributed by atoms with Gasteiger partial charge in [0.15, 0.2) is 22.9 Å². The third-order valence-corrected chi connectivity index (χ3v) is 7.55. The van der Waals surface area contributed by atoms with Gasteiger partial charge in [-0.15, -0.1) is 0 Å². The highest BCUT2D eigenvalue weighted by Gasteiger charge is 2.38. The predicted molar refractivity (Wildman–Crippen MR) is 157 cm³/mol. The fourth-order valence-electron chi connectivity index (χ4n) is 5.46. The van der Waals surface area contributed by atoms with E-state index in [9.17, 15) is 36.3 Å². The fourth-order valence-corrected chi connectivity index (χ4v) is 5.46. The molecule has 0 radical (unpaired) electrons. The summed E-state index contributed by atoms with van der Waals surface area (Å²) >= 11 is 0. The van der Waals surface area contributed by atoms with Gasteiger partial charge in [0.05, 0.1) is 29.7 Å². The maximum Gasteiger partial charge on any atom is 0.435 e. The van der Waals surface area contributed by atoms with Crippen molar-refractivity contribution in [2.75, 3.05) is 25.0 Å². The molecule has 5 rings (SSSR count). The van der Waals surface area contributed by atoms with E-state index < -0.39 is 36.3 Å². The van der Waals surface area contributed by atoms with Crippen LogP contribution >= 0.6 is 0 Å². The van der Waals surface area contributed by atoms with Crippen LogP contribution in [0.15, 0.2) is 36.9 Å². The van der Waals surface area contributed by atoms with Gasteiger partial charge in [0.2, 0.25) is 5.91 Å². The minimum atomic E-state index is -4.94. The average molecular weight is 664 g/mol. The Morgan fingerprint density at radius 2 is 2.02 bits per heavy atom. The Morgan fingerprint density at radius 3 is 2.70 bits per heavy atom. The minimum absolute atomic E-state index is 0.0216. The van der Waals surface area contributed by atoms with Crippen LogP contribution in [0.5, 0.6) is 5.75 Å². The van der Waals surface area contributed by atoms with Gasteiger partial charge in [-0.25, -0.2) is 18.7 Å². The van der Waals surface area contributed by atoms with Gasteiger partial charge in [-0.05, 0) is 31.4 Å². The normalized spacial score (nSPS) is 15.2. The SMILES string of the molecule is CCc1c(C(=O)NCC(=O)N2CCCC(N)C2)ccc(Nc2nccn3c(-c4cn(CC(F)F)nc4C(F)(F)F)cnc23)c1OC=O. The zero-order valence-electron chi connectivity index (χ0n) is 24.9. The van der Waals surface area contributed by atoms with E-state index in [-0.39, 0.29) is 65.5 Å². The number of halogens is 5. The molecule has 2 amide bonds. The second kappa shape index (κ2) is 13.7. The first-order valence-corrected chi connectivity index (χ1v) is 14.5. The molecule has 13 nitrogen and oxygen atoms in total. The van der Waals surface area contributed by atoms with Crippen LogP contribution in [0, 0.1) is 0 Å². The Morgan fingerprint density at radius 1 is 1.23 bits per heavy atom. The molecule has 3 aromatic heterocycles. The second-order valence-corrected chi connectivity index (χ2v) is 10.7. The molecule has 1 unspecified atom stereocenters. The van der Waals surface area contributed by atoms with Crippen molar-refractivity contribution < 1.29 is 41.1 Å². The van der Waals surface area contributed by atoms with Gasteiger partial charge in [0.25, 0.3) is 18.8 Å². The highest BCUT2D eigenvalue weighted by molar-refractivity contribution is 5.99. The van der Waals surface area contributed by atoms with Crippen LogP contribution in [0.3, 0.4) is 0 Å². The summed E-state index contributed by atoms with van der Waals surface area (Å²) in [6.07, 6.45) is -1.47. The highest BCUT2D eigenvalue weighted by Crippen LogP contribution is 2.38. The zero-order chi connectivity index (χ0) is 33.9. The third kappa shape index (κ3) is 7.16. The average Bonchev–Trinajstić information content (AvgIpc) is 3.65. The quantitative estimate of drug-likeness (QED) is 0.161. The maximum absolute atomic E-state index is 13.8. The monoisotopic (exact) mass is 663 g/mol. The van der Waals surface area contributed by atoms with Crippen molar-refractivity contribution in [3.8, 4) is 17.0 Å². The Kier molecular flexibility index (Phi) is 9.69. The van der Waals surface area contributed by atoms with E-state index >= 15 is 0 Å². The number of alkyl halides is 5. The van der Waals surface area contributed by atoms with Crippen molar-refractivity contribution in [3.63, 3.8) is 0 Å². The summed E-state index contributed by atoms with van der Waals surface area (Å²) in [4.78, 5) is 47.3. The number of nitrogens with zero attached hydrogens (tertiary/aromatic N) is 6. The number of anilines is 2. The number of imidazole rings is 1. The number of ether oxygens (including phenoxy) is 1. The van der Waals surface area contributed by atoms with E-state index in [1.54, 1.807) is 11.8 Å². The molecular formula is C29H30F5N9O4. The molecule has 0 spiro atoms. The standard InChI is InChI=1S/C29H30F5N9O4/c1-2-17-18(28(46)38-11-23(45)41-8-3-4-16(35)12-41)5-6-20(24(17)47-15-44)39-26-27-37-10-21(43(27)9-7-36-26)19-13-42(14-22(30)31)40-25(19)29(32,33)34/h5-7,9-10,13,15-16,22H,2-4,8,11-12,14,35H2,1H3,(H,36,39)(H,38,46). The number of nitrogens with one attached hydrogen (secondary N) is 2. The smallest absolute Gasteiger partial charge is 0.426 e. The summed E-state index contributed by atoms with van der Waals surface area (Å²) in [6.45, 7) is 1.54. The van der Waals surface area contributed by atoms with Crippen molar-refractivity contribution in [2.45, 2.75) is 51.4 Å². The topological polar surface area (TPSA) is 162 Å². The van der Waals surface area contributed by atoms with Crippen LogP contribution < -0.4 is 21.1 Å². The number of hydrogen-bond donors (Lipinski definition) is 3. The van der Waals surface area contributed by atoms with Crippen molar-refractivity contribution >= 4 is 35.4 Å². The number of benzene rings is 1. The molecular weight excluding hydrogens is 633 g/mol. The van der Waals surface area contributed by atoms with Crippen LogP contribution in [-0.4, -0.2) is 79.4 Å². The summed E-state index contributed by atoms with van der Waals surface area (Å²) in [5.74, 6) is -0.847. The molecule has 4 heterocycles. The number of aromatic nitrogens is 5. The van der Waals surface area contributed by atoms with Crippen molar-refractivity contribution in [1.82, 2.24) is 34.4 Å². The Hall–Kier alpha value is -5.13. The lowest BCUT2D eigenvalue weighted by molar-refractivity contribution is -0.141. The number of hydrogen-bond acceptors (Lipinski definition) is 9. The van der Waals surface area contributed by atoms with Gasteiger partial charge in [0, 0.05) is 48.8 Å². The van der Waals surface area contributed by atoms with Gasteiger partial charge in [-0.3, -0.25) is 23.5 Å². The van der Waals surface area contributed by atoms with E-state index in [0.29, 0.717) is 23.3 Å². The molecule has 1 saturated heterocycles. The molecule has 250 valence electrons. The predicted octanol–water partition coefficient (Wildman–Crippen LogP) is 3.40. The minimum Gasteiger partial charge on any atom is -0.426 e. The lowest BCUT2D eigenvalue weighted by Crippen LogP contribution is -2.49. The third-order valence-electron chi connectivity index (χ3n) is 7.55. The van der Waals surface area contributed by atoms with Gasteiger partial charge in [0.1, 0.15) is 6.54 Å². The lowest BCUT2D eigenvalue weighted by atomic mass is 10.0. The van der Waals surface area contributed by atoms with E-state index in [4.69, 9.17) is 10.5 Å². The van der Waals surface area contributed by atoms with Gasteiger partial charge in [-0.1, -0.05) is 6.92 Å². The molecule has 18 heteroatoms. The number of amides is 2. The number of carbonyl (C=O) groups is 3. The summed E-state index contributed by atoms with van der Waals surface area (Å²) in [5.41, 5.74) is 4.71. The summed E-state index contributed by atoms with van der Waals surface area (Å²) < 4.78 is 74.3. The molecule has 1 aliphatic rings. The molecule has 1 atom stereocenters. The molecule has 1 aliphatic heterocycles. The molecule has 0 aliphatic carbocycles. The first-order chi connectivity index (χ1) is 22.4. The molecule has 1 aromatic carbocycles. The highest BCUT2D eigenvalue weighted by atomic mass is 19.4. The summed E-state index contributed by atoms with van der Waals surface area (Å²) in [6, 6.07) is 2.77. The van der Waals surface area contributed by atoms with Crippen LogP contribution in [0.25, 0.3) is 16.9 Å². The lowest BCUT2D eigenvalue weighted by Gasteiger charge is -2.30. The van der Waals surface area contributed by atoms with Crippen molar-refractivity contribution in [2.24, 2.45) is 5.73 Å². The number of fused-ring (bicyclic) bond motifs is 1. The van der Waals surface area contributed by atoms with Gasteiger partial charge in [-0.2, -0.15) is 18.3 Å². The second-order valence-electron chi connectivity index (χ2n) is 10.7. The number of nitrogens with two attached hydrogens (primary N) is 1. The van der Waals surface area contributed by atoms with Crippen LogP contribution in [0.4, 0.5) is 33.5 Å². The summed E-state index contributed by atoms with van der Waals surface area (Å²) in [5, 5.41) is 8.89. The fraction of sp³-hybridized carbons (Fsp3) is 0.379. The number of carbonyl (C=O) groups excluding carboxylic acids is 3. The molecule has 47 heavy (non-hydrogen) atoms. The van der Waals surface area contributed by atoms with Gasteiger partial charge >= 0.3 is 6.18 Å². The largest absolute Gasteiger partial charge is 0.435 e. The van der Waals surface area contributed by atoms with Crippen molar-refractivity contribution in [1.29, 1.82) is 0 Å². The van der Waals surface area contributed by atoms with E-state index in [0.717, 1.165) is 25.2 Å². The van der Waals surface area contributed by atoms with Gasteiger partial charge < -0.3 is 26.0 Å². The Labute approximate surface area is 263 Å². The van der Waals surface area contributed by atoms with Crippen molar-refractivity contribution in [3.05, 3.63) is 53.7 Å². The van der Waals surface area contributed by atoms with E-state index in [2.05, 4.69) is 25.7 Å². The van der Waals surface area contributed by atoms with Crippen LogP contribution in [0.1, 0.15) is 41.4 Å². The van der Waals surface area contributed by atoms with E-state index in [1.165, 1.54) is 28.9 Å². The zero-order valence-corrected chi connectivity index (χ0v) is 24.9. The van der Waals surface area contributed by atoms with E-state index in [1.807, 2.05) is 0 Å². The Balaban J connectivity index is 1.44. The molecule has 1 fully saturated rings. The Bertz CT molecular complexity index is 1790. The molecule has 4 N–H and O–H groups in total. The molecule has 0 saturated carbocycles. The first-order valence-electron chi connectivity index (χ1n) is 14.5. The number of likely N-dealkylation sites (tertiary alicyclic amines) is 1. The van der Waals surface area contributed by atoms with Crippen LogP contribution in [0.2, 0.25) is 0 Å². The first kappa shape index (κ1) is 33.2. The van der Waals surface area contributed by atoms with Crippen LogP contribution in [-0.2, 0) is 28.7 Å². The molecule has 0 bridgehead atoms. The maximum atomic E-state index is 13.8. The number of piperidine rings is 1.